The van der Waals surface area contributed by atoms with Crippen LogP contribution in [0, 0.1) is 5.92 Å². The zero-order valence-electron chi connectivity index (χ0n) is 9.33. The maximum absolute atomic E-state index is 11.4. The molecule has 0 rings (SSSR count). The van der Waals surface area contributed by atoms with E-state index in [0.29, 0.717) is 5.92 Å². The molecule has 1 atom stereocenters. The van der Waals surface area contributed by atoms with Gasteiger partial charge in [-0.15, -0.1) is 0 Å². The fourth-order valence-corrected chi connectivity index (χ4v) is 0.968. The average Bonchev–Trinajstić information content (AvgIpc) is 2.02. The highest BCUT2D eigenvalue weighted by Crippen LogP contribution is 2.02. The fraction of sp³-hybridized carbons (Fsp3) is 0.900. The molecule has 0 fully saturated rings. The van der Waals surface area contributed by atoms with Gasteiger partial charge in [0.1, 0.15) is 6.10 Å². The lowest BCUT2D eigenvalue weighted by atomic mass is 10.2. The van der Waals surface area contributed by atoms with Gasteiger partial charge in [-0.05, 0) is 19.3 Å². The van der Waals surface area contributed by atoms with Crippen molar-refractivity contribution in [2.75, 3.05) is 13.6 Å². The second-order valence-corrected chi connectivity index (χ2v) is 3.88. The van der Waals surface area contributed by atoms with Crippen LogP contribution in [0.4, 0.5) is 4.79 Å². The van der Waals surface area contributed by atoms with E-state index in [9.17, 15) is 4.79 Å². The number of amides is 1. The SMILES string of the molecule is CCC(C)OC(=O)N(C)CC(C)C. The highest BCUT2D eigenvalue weighted by molar-refractivity contribution is 5.67. The lowest BCUT2D eigenvalue weighted by Gasteiger charge is -2.21. The topological polar surface area (TPSA) is 29.5 Å². The maximum Gasteiger partial charge on any atom is 0.409 e. The van der Waals surface area contributed by atoms with Crippen LogP contribution in [0.2, 0.25) is 0 Å². The second kappa shape index (κ2) is 5.84. The van der Waals surface area contributed by atoms with Crippen molar-refractivity contribution in [2.45, 2.75) is 40.2 Å². The second-order valence-electron chi connectivity index (χ2n) is 3.88. The van der Waals surface area contributed by atoms with Gasteiger partial charge in [0, 0.05) is 13.6 Å². The van der Waals surface area contributed by atoms with Gasteiger partial charge in [0.15, 0.2) is 0 Å². The monoisotopic (exact) mass is 187 g/mol. The summed E-state index contributed by atoms with van der Waals surface area (Å²) in [6, 6.07) is 0. The summed E-state index contributed by atoms with van der Waals surface area (Å²) in [6.45, 7) is 8.80. The molecule has 0 aliphatic rings. The van der Waals surface area contributed by atoms with Gasteiger partial charge in [-0.1, -0.05) is 20.8 Å². The first kappa shape index (κ1) is 12.3. The molecule has 0 bridgehead atoms. The van der Waals surface area contributed by atoms with Crippen molar-refractivity contribution in [1.82, 2.24) is 4.90 Å². The van der Waals surface area contributed by atoms with Crippen LogP contribution in [0.5, 0.6) is 0 Å². The molecule has 0 spiro atoms. The summed E-state index contributed by atoms with van der Waals surface area (Å²) in [7, 11) is 1.77. The normalized spacial score (nSPS) is 12.8. The molecule has 1 unspecified atom stereocenters. The third kappa shape index (κ3) is 5.50. The summed E-state index contributed by atoms with van der Waals surface area (Å²) < 4.78 is 5.15. The Morgan fingerprint density at radius 1 is 1.38 bits per heavy atom. The van der Waals surface area contributed by atoms with E-state index in [4.69, 9.17) is 4.74 Å². The summed E-state index contributed by atoms with van der Waals surface area (Å²) in [5.41, 5.74) is 0. The molecular weight excluding hydrogens is 166 g/mol. The van der Waals surface area contributed by atoms with E-state index >= 15 is 0 Å². The third-order valence-electron chi connectivity index (χ3n) is 1.83. The number of carbonyl (C=O) groups excluding carboxylic acids is 1. The van der Waals surface area contributed by atoms with Crippen LogP contribution in [-0.4, -0.2) is 30.7 Å². The Morgan fingerprint density at radius 2 is 1.92 bits per heavy atom. The van der Waals surface area contributed by atoms with Crippen molar-refractivity contribution >= 4 is 6.09 Å². The van der Waals surface area contributed by atoms with Gasteiger partial charge in [-0.2, -0.15) is 0 Å². The van der Waals surface area contributed by atoms with Crippen LogP contribution in [0.15, 0.2) is 0 Å². The van der Waals surface area contributed by atoms with Crippen molar-refractivity contribution < 1.29 is 9.53 Å². The van der Waals surface area contributed by atoms with Crippen LogP contribution in [0.3, 0.4) is 0 Å². The molecule has 0 N–H and O–H groups in total. The minimum absolute atomic E-state index is 0.0158. The standard InChI is InChI=1S/C10H21NO2/c1-6-9(4)13-10(12)11(5)7-8(2)3/h8-9H,6-7H2,1-5H3. The number of hydrogen-bond donors (Lipinski definition) is 0. The minimum atomic E-state index is -0.219. The highest BCUT2D eigenvalue weighted by Gasteiger charge is 2.13. The molecule has 0 saturated heterocycles. The fourth-order valence-electron chi connectivity index (χ4n) is 0.968. The van der Waals surface area contributed by atoms with Gasteiger partial charge in [0.25, 0.3) is 0 Å². The third-order valence-corrected chi connectivity index (χ3v) is 1.83. The van der Waals surface area contributed by atoms with Crippen molar-refractivity contribution in [3.05, 3.63) is 0 Å². The van der Waals surface area contributed by atoms with Crippen molar-refractivity contribution in [2.24, 2.45) is 5.92 Å². The zero-order chi connectivity index (χ0) is 10.4. The Balaban J connectivity index is 3.82. The molecule has 1 amide bonds. The van der Waals surface area contributed by atoms with Gasteiger partial charge < -0.3 is 9.64 Å². The molecule has 0 radical (unpaired) electrons. The number of ether oxygens (including phenoxy) is 1. The lowest BCUT2D eigenvalue weighted by Crippen LogP contribution is -2.32. The molecule has 0 aliphatic heterocycles. The summed E-state index contributed by atoms with van der Waals surface area (Å²) in [6.07, 6.45) is 0.659. The molecular formula is C10H21NO2. The van der Waals surface area contributed by atoms with Crippen LogP contribution in [0.1, 0.15) is 34.1 Å². The Labute approximate surface area is 81.1 Å². The Kier molecular flexibility index (Phi) is 5.51. The minimum Gasteiger partial charge on any atom is -0.446 e. The maximum atomic E-state index is 11.4. The van der Waals surface area contributed by atoms with Crippen LogP contribution < -0.4 is 0 Å². The number of carbonyl (C=O) groups is 1. The first-order valence-corrected chi connectivity index (χ1v) is 4.89. The Morgan fingerprint density at radius 3 is 2.31 bits per heavy atom. The zero-order valence-corrected chi connectivity index (χ0v) is 9.33. The van der Waals surface area contributed by atoms with Gasteiger partial charge in [-0.25, -0.2) is 4.79 Å². The first-order chi connectivity index (χ1) is 5.97. The van der Waals surface area contributed by atoms with Crippen LogP contribution >= 0.6 is 0 Å². The van der Waals surface area contributed by atoms with E-state index in [1.54, 1.807) is 11.9 Å². The predicted octanol–water partition coefficient (Wildman–Crippen LogP) is 2.51. The summed E-state index contributed by atoms with van der Waals surface area (Å²) in [5, 5.41) is 0. The van der Waals surface area contributed by atoms with Crippen molar-refractivity contribution in [1.29, 1.82) is 0 Å². The van der Waals surface area contributed by atoms with E-state index in [2.05, 4.69) is 13.8 Å². The summed E-state index contributed by atoms with van der Waals surface area (Å²) >= 11 is 0. The molecule has 0 aromatic carbocycles. The molecule has 3 nitrogen and oxygen atoms in total. The van der Waals surface area contributed by atoms with Gasteiger partial charge in [0.2, 0.25) is 0 Å². The van der Waals surface area contributed by atoms with E-state index in [-0.39, 0.29) is 12.2 Å². The molecule has 0 aliphatic carbocycles. The van der Waals surface area contributed by atoms with E-state index in [0.717, 1.165) is 13.0 Å². The molecule has 13 heavy (non-hydrogen) atoms. The number of rotatable bonds is 4. The van der Waals surface area contributed by atoms with Crippen molar-refractivity contribution in [3.63, 3.8) is 0 Å². The van der Waals surface area contributed by atoms with E-state index in [1.807, 2.05) is 13.8 Å². The van der Waals surface area contributed by atoms with E-state index in [1.165, 1.54) is 0 Å². The molecule has 78 valence electrons. The summed E-state index contributed by atoms with van der Waals surface area (Å²) in [5.74, 6) is 0.481. The molecule has 0 saturated carbocycles. The van der Waals surface area contributed by atoms with Gasteiger partial charge in [0.05, 0.1) is 0 Å². The van der Waals surface area contributed by atoms with E-state index < -0.39 is 0 Å². The predicted molar refractivity (Wildman–Crippen MR) is 53.7 cm³/mol. The summed E-state index contributed by atoms with van der Waals surface area (Å²) in [4.78, 5) is 13.0. The van der Waals surface area contributed by atoms with Crippen LogP contribution in [-0.2, 0) is 4.74 Å². The number of nitrogens with zero attached hydrogens (tertiary/aromatic N) is 1. The largest absolute Gasteiger partial charge is 0.446 e. The first-order valence-electron chi connectivity index (χ1n) is 4.89. The molecule has 3 heteroatoms. The lowest BCUT2D eigenvalue weighted by molar-refractivity contribution is 0.0724. The number of hydrogen-bond acceptors (Lipinski definition) is 2. The Hall–Kier alpha value is -0.730. The van der Waals surface area contributed by atoms with Crippen LogP contribution in [0.25, 0.3) is 0 Å². The highest BCUT2D eigenvalue weighted by atomic mass is 16.6. The Bertz CT molecular complexity index is 157. The molecule has 0 aromatic rings. The average molecular weight is 187 g/mol. The van der Waals surface area contributed by atoms with Gasteiger partial charge >= 0.3 is 6.09 Å². The quantitative estimate of drug-likeness (QED) is 0.676. The molecule has 0 heterocycles. The van der Waals surface area contributed by atoms with Crippen molar-refractivity contribution in [3.8, 4) is 0 Å². The van der Waals surface area contributed by atoms with Gasteiger partial charge in [-0.3, -0.25) is 0 Å². The smallest absolute Gasteiger partial charge is 0.409 e. The molecule has 0 aromatic heterocycles.